The predicted molar refractivity (Wildman–Crippen MR) is 65.7 cm³/mol. The fraction of sp³-hybridized carbons (Fsp3) is 0.533. The van der Waals surface area contributed by atoms with Crippen molar-refractivity contribution < 1.29 is 9.53 Å². The van der Waals surface area contributed by atoms with Crippen molar-refractivity contribution >= 4 is 5.97 Å². The van der Waals surface area contributed by atoms with E-state index >= 15 is 0 Å². The molecule has 0 spiro atoms. The molecule has 0 amide bonds. The molecule has 0 N–H and O–H groups in total. The molecule has 3 atom stereocenters. The van der Waals surface area contributed by atoms with Gasteiger partial charge in [0.15, 0.2) is 0 Å². The Morgan fingerprint density at radius 2 is 1.65 bits per heavy atom. The van der Waals surface area contributed by atoms with E-state index in [0.717, 1.165) is 24.7 Å². The molecule has 1 aromatic rings. The molecule has 0 radical (unpaired) electrons. The molecule has 3 rings (SSSR count). The molecule has 1 aromatic carbocycles. The highest BCUT2D eigenvalue weighted by atomic mass is 16.5. The Bertz CT molecular complexity index is 387. The van der Waals surface area contributed by atoms with Crippen LogP contribution in [0.4, 0.5) is 0 Å². The Labute approximate surface area is 102 Å². The molecule has 0 aliphatic heterocycles. The van der Waals surface area contributed by atoms with Gasteiger partial charge in [-0.1, -0.05) is 31.0 Å². The highest BCUT2D eigenvalue weighted by molar-refractivity contribution is 5.89. The zero-order valence-corrected chi connectivity index (χ0v) is 9.97. The Balaban J connectivity index is 1.62. The minimum atomic E-state index is -0.156. The smallest absolute Gasteiger partial charge is 0.338 e. The summed E-state index contributed by atoms with van der Waals surface area (Å²) in [4.78, 5) is 11.9. The lowest BCUT2D eigenvalue weighted by Gasteiger charge is -2.27. The van der Waals surface area contributed by atoms with E-state index in [1.807, 2.05) is 30.3 Å². The molecule has 0 heterocycles. The molecular formula is C15H18O2. The molecule has 0 saturated heterocycles. The van der Waals surface area contributed by atoms with Crippen LogP contribution in [0.25, 0.3) is 0 Å². The first kappa shape index (κ1) is 10.8. The van der Waals surface area contributed by atoms with Gasteiger partial charge in [-0.3, -0.25) is 0 Å². The van der Waals surface area contributed by atoms with E-state index in [1.165, 1.54) is 19.3 Å². The summed E-state index contributed by atoms with van der Waals surface area (Å²) in [6, 6.07) is 9.31. The lowest BCUT2D eigenvalue weighted by Crippen LogP contribution is -2.26. The van der Waals surface area contributed by atoms with Crippen molar-refractivity contribution in [3.05, 3.63) is 35.9 Å². The van der Waals surface area contributed by atoms with E-state index in [9.17, 15) is 4.79 Å². The second kappa shape index (κ2) is 4.52. The second-order valence-electron chi connectivity index (χ2n) is 5.41. The number of carbonyl (C=O) groups is 1. The summed E-state index contributed by atoms with van der Waals surface area (Å²) in [6.07, 6.45) is 6.35. The molecule has 2 aliphatic rings. The molecule has 0 aromatic heterocycles. The number of fused-ring (bicyclic) bond motifs is 2. The summed E-state index contributed by atoms with van der Waals surface area (Å²) < 4.78 is 5.62. The number of esters is 1. The first-order chi connectivity index (χ1) is 8.31. The SMILES string of the molecule is O=C(OC1C[C@H]2CC[C@@H](C1)C2)c1ccccc1. The van der Waals surface area contributed by atoms with Gasteiger partial charge in [0.1, 0.15) is 6.10 Å². The maximum Gasteiger partial charge on any atom is 0.338 e. The van der Waals surface area contributed by atoms with Crippen molar-refractivity contribution in [1.29, 1.82) is 0 Å². The number of rotatable bonds is 2. The minimum Gasteiger partial charge on any atom is -0.459 e. The second-order valence-corrected chi connectivity index (χ2v) is 5.41. The van der Waals surface area contributed by atoms with E-state index in [1.54, 1.807) is 0 Å². The summed E-state index contributed by atoms with van der Waals surface area (Å²) in [5, 5.41) is 0. The summed E-state index contributed by atoms with van der Waals surface area (Å²) in [5.41, 5.74) is 0.672. The van der Waals surface area contributed by atoms with Gasteiger partial charge < -0.3 is 4.74 Å². The fourth-order valence-electron chi connectivity index (χ4n) is 3.34. The van der Waals surface area contributed by atoms with Crippen LogP contribution in [0.5, 0.6) is 0 Å². The van der Waals surface area contributed by atoms with Crippen molar-refractivity contribution in [2.24, 2.45) is 11.8 Å². The third-order valence-electron chi connectivity index (χ3n) is 4.13. The van der Waals surface area contributed by atoms with Crippen LogP contribution in [0.1, 0.15) is 42.5 Å². The van der Waals surface area contributed by atoms with E-state index in [4.69, 9.17) is 4.74 Å². The van der Waals surface area contributed by atoms with Crippen molar-refractivity contribution in [2.75, 3.05) is 0 Å². The van der Waals surface area contributed by atoms with Crippen LogP contribution in [-0.2, 0) is 4.74 Å². The minimum absolute atomic E-state index is 0.156. The number of carbonyl (C=O) groups excluding carboxylic acids is 1. The number of hydrogen-bond acceptors (Lipinski definition) is 2. The van der Waals surface area contributed by atoms with Crippen LogP contribution in [0.3, 0.4) is 0 Å². The summed E-state index contributed by atoms with van der Waals surface area (Å²) >= 11 is 0. The van der Waals surface area contributed by atoms with Crippen LogP contribution in [-0.4, -0.2) is 12.1 Å². The molecule has 90 valence electrons. The predicted octanol–water partition coefficient (Wildman–Crippen LogP) is 3.42. The maximum absolute atomic E-state index is 11.9. The van der Waals surface area contributed by atoms with E-state index in [0.29, 0.717) is 5.56 Å². The number of ether oxygens (including phenoxy) is 1. The molecule has 2 aliphatic carbocycles. The zero-order valence-electron chi connectivity index (χ0n) is 9.97. The van der Waals surface area contributed by atoms with Gasteiger partial charge >= 0.3 is 5.97 Å². The topological polar surface area (TPSA) is 26.3 Å². The Kier molecular flexibility index (Phi) is 2.87. The van der Waals surface area contributed by atoms with Crippen molar-refractivity contribution in [3.63, 3.8) is 0 Å². The molecule has 2 fully saturated rings. The zero-order chi connectivity index (χ0) is 11.7. The van der Waals surface area contributed by atoms with Gasteiger partial charge in [-0.2, -0.15) is 0 Å². The van der Waals surface area contributed by atoms with Crippen LogP contribution in [0, 0.1) is 11.8 Å². The van der Waals surface area contributed by atoms with Crippen molar-refractivity contribution in [1.82, 2.24) is 0 Å². The van der Waals surface area contributed by atoms with Gasteiger partial charge in [-0.15, -0.1) is 0 Å². The monoisotopic (exact) mass is 230 g/mol. The average Bonchev–Trinajstić information content (AvgIpc) is 2.70. The average molecular weight is 230 g/mol. The van der Waals surface area contributed by atoms with Gasteiger partial charge in [0.2, 0.25) is 0 Å². The molecule has 2 saturated carbocycles. The summed E-state index contributed by atoms with van der Waals surface area (Å²) in [6.45, 7) is 0. The van der Waals surface area contributed by atoms with Crippen LogP contribution in [0.15, 0.2) is 30.3 Å². The van der Waals surface area contributed by atoms with Crippen LogP contribution < -0.4 is 0 Å². The first-order valence-corrected chi connectivity index (χ1v) is 6.57. The van der Waals surface area contributed by atoms with E-state index in [2.05, 4.69) is 0 Å². The normalized spacial score (nSPS) is 31.2. The van der Waals surface area contributed by atoms with Gasteiger partial charge in [-0.05, 0) is 43.2 Å². The van der Waals surface area contributed by atoms with Gasteiger partial charge in [-0.25, -0.2) is 4.79 Å². The largest absolute Gasteiger partial charge is 0.459 e. The third kappa shape index (κ3) is 2.36. The van der Waals surface area contributed by atoms with Crippen molar-refractivity contribution in [2.45, 2.75) is 38.2 Å². The molecule has 2 nitrogen and oxygen atoms in total. The summed E-state index contributed by atoms with van der Waals surface area (Å²) in [7, 11) is 0. The van der Waals surface area contributed by atoms with Crippen LogP contribution >= 0.6 is 0 Å². The Morgan fingerprint density at radius 1 is 1.00 bits per heavy atom. The van der Waals surface area contributed by atoms with Crippen LogP contribution in [0.2, 0.25) is 0 Å². The summed E-state index contributed by atoms with van der Waals surface area (Å²) in [5.74, 6) is 1.46. The van der Waals surface area contributed by atoms with Gasteiger partial charge in [0.25, 0.3) is 0 Å². The van der Waals surface area contributed by atoms with Crippen molar-refractivity contribution in [3.8, 4) is 0 Å². The van der Waals surface area contributed by atoms with Gasteiger partial charge in [0.05, 0.1) is 5.56 Å². The molecule has 1 unspecified atom stereocenters. The lowest BCUT2D eigenvalue weighted by molar-refractivity contribution is 0.0127. The fourth-order valence-corrected chi connectivity index (χ4v) is 3.34. The molecule has 2 heteroatoms. The first-order valence-electron chi connectivity index (χ1n) is 6.57. The standard InChI is InChI=1S/C15H18O2/c16-15(13-4-2-1-3-5-13)17-14-9-11-6-7-12(8-11)10-14/h1-5,11-12,14H,6-10H2/t11-,12+,14?. The van der Waals surface area contributed by atoms with E-state index in [-0.39, 0.29) is 12.1 Å². The van der Waals surface area contributed by atoms with E-state index < -0.39 is 0 Å². The molecule has 17 heavy (non-hydrogen) atoms. The highest BCUT2D eigenvalue weighted by Gasteiger charge is 2.35. The lowest BCUT2D eigenvalue weighted by atomic mass is 9.87. The Morgan fingerprint density at radius 3 is 2.29 bits per heavy atom. The quantitative estimate of drug-likeness (QED) is 0.728. The number of benzene rings is 1. The maximum atomic E-state index is 11.9. The third-order valence-corrected chi connectivity index (χ3v) is 4.13. The number of hydrogen-bond donors (Lipinski definition) is 0. The Hall–Kier alpha value is -1.31. The highest BCUT2D eigenvalue weighted by Crippen LogP contribution is 2.43. The van der Waals surface area contributed by atoms with Gasteiger partial charge in [0, 0.05) is 0 Å². The molecule has 2 bridgehead atoms. The molecular weight excluding hydrogens is 212 g/mol.